The highest BCUT2D eigenvalue weighted by Crippen LogP contribution is 2.40. The zero-order valence-corrected chi connectivity index (χ0v) is 17.6. The number of rotatable bonds is 5. The van der Waals surface area contributed by atoms with Crippen LogP contribution in [0.1, 0.15) is 38.3 Å². The second kappa shape index (κ2) is 8.72. The van der Waals surface area contributed by atoms with Crippen LogP contribution in [-0.2, 0) is 4.74 Å². The molecule has 168 valence electrons. The molecule has 1 saturated heterocycles. The van der Waals surface area contributed by atoms with Crippen LogP contribution in [0.4, 0.5) is 13.2 Å². The third-order valence-corrected chi connectivity index (χ3v) is 6.26. The Labute approximate surface area is 179 Å². The lowest BCUT2D eigenvalue weighted by molar-refractivity contribution is -0.114. The number of nitrogens with zero attached hydrogens (tertiary/aromatic N) is 3. The van der Waals surface area contributed by atoms with Gasteiger partial charge >= 0.3 is 6.18 Å². The molecule has 0 saturated carbocycles. The van der Waals surface area contributed by atoms with Gasteiger partial charge in [0.2, 0.25) is 0 Å². The van der Waals surface area contributed by atoms with Crippen LogP contribution >= 0.6 is 0 Å². The molecule has 0 bridgehead atoms. The van der Waals surface area contributed by atoms with E-state index >= 15 is 0 Å². The maximum atomic E-state index is 14.0. The highest BCUT2D eigenvalue weighted by Gasteiger charge is 2.40. The molecule has 0 radical (unpaired) electrons. The minimum Gasteiger partial charge on any atom is -0.371 e. The van der Waals surface area contributed by atoms with Crippen molar-refractivity contribution in [3.63, 3.8) is 0 Å². The molecule has 1 aliphatic carbocycles. The number of ether oxygens (including phenoxy) is 1. The molecule has 2 unspecified atom stereocenters. The van der Waals surface area contributed by atoms with Crippen molar-refractivity contribution in [2.45, 2.75) is 50.4 Å². The van der Waals surface area contributed by atoms with Gasteiger partial charge in [-0.25, -0.2) is 4.98 Å². The highest BCUT2D eigenvalue weighted by molar-refractivity contribution is 5.89. The Balaban J connectivity index is 1.64. The van der Waals surface area contributed by atoms with Gasteiger partial charge in [0.15, 0.2) is 5.65 Å². The number of fused-ring (bicyclic) bond motifs is 1. The van der Waals surface area contributed by atoms with Crippen LogP contribution in [0.15, 0.2) is 36.1 Å². The fourth-order valence-electron chi connectivity index (χ4n) is 4.73. The fourth-order valence-corrected chi connectivity index (χ4v) is 4.73. The van der Waals surface area contributed by atoms with Crippen molar-refractivity contribution in [2.75, 3.05) is 26.2 Å². The molecule has 31 heavy (non-hydrogen) atoms. The predicted molar refractivity (Wildman–Crippen MR) is 113 cm³/mol. The second-order valence-electron chi connectivity index (χ2n) is 8.28. The molecule has 3 heterocycles. The van der Waals surface area contributed by atoms with Crippen molar-refractivity contribution in [3.05, 3.63) is 41.7 Å². The van der Waals surface area contributed by atoms with Crippen molar-refractivity contribution in [1.29, 1.82) is 0 Å². The number of morpholine rings is 1. The van der Waals surface area contributed by atoms with E-state index in [-0.39, 0.29) is 18.0 Å². The molecular formula is C22H28F3N5O. The quantitative estimate of drug-likeness (QED) is 0.746. The van der Waals surface area contributed by atoms with Gasteiger partial charge in [0.1, 0.15) is 0 Å². The lowest BCUT2D eigenvalue weighted by Gasteiger charge is -2.44. The van der Waals surface area contributed by atoms with E-state index < -0.39 is 17.4 Å². The molecule has 6 nitrogen and oxygen atoms in total. The van der Waals surface area contributed by atoms with Crippen LogP contribution in [0.2, 0.25) is 0 Å². The zero-order chi connectivity index (χ0) is 22.1. The Bertz CT molecular complexity index is 979. The molecular weight excluding hydrogens is 407 g/mol. The van der Waals surface area contributed by atoms with Crippen molar-refractivity contribution in [3.8, 4) is 0 Å². The topological polar surface area (TPSA) is 80.1 Å². The van der Waals surface area contributed by atoms with Gasteiger partial charge in [-0.15, -0.1) is 0 Å². The summed E-state index contributed by atoms with van der Waals surface area (Å²) in [4.78, 5) is 6.35. The summed E-state index contributed by atoms with van der Waals surface area (Å²) in [7, 11) is 0. The Kier molecular flexibility index (Phi) is 6.18. The summed E-state index contributed by atoms with van der Waals surface area (Å²) in [5.41, 5.74) is 6.00. The summed E-state index contributed by atoms with van der Waals surface area (Å²) in [6, 6.07) is 3.34. The summed E-state index contributed by atoms with van der Waals surface area (Å²) in [6.07, 6.45) is 2.65. The van der Waals surface area contributed by atoms with E-state index in [2.05, 4.69) is 27.0 Å². The summed E-state index contributed by atoms with van der Waals surface area (Å²) in [5.74, 6) is 0. The minimum atomic E-state index is -4.46. The van der Waals surface area contributed by atoms with E-state index in [0.29, 0.717) is 49.4 Å². The zero-order valence-electron chi connectivity index (χ0n) is 17.6. The molecule has 0 aromatic carbocycles. The molecule has 2 aromatic rings. The van der Waals surface area contributed by atoms with Crippen LogP contribution in [0.25, 0.3) is 16.6 Å². The molecule has 3 N–H and O–H groups in total. The molecule has 2 atom stereocenters. The van der Waals surface area contributed by atoms with E-state index in [0.717, 1.165) is 12.8 Å². The maximum absolute atomic E-state index is 14.0. The standard InChI is InChI=1S/C22H28F3N5O/c1-2-9-21(13-26)14-30(11-12-31-21)15-5-7-16(18(8-6-15)22(23,24)25)19-17-4-3-10-27-20(17)29-28-19/h3-4,6,8,10,15H,2,5,7,9,11-14,26H2,1H3,(H,27,28,29). The van der Waals surface area contributed by atoms with E-state index in [4.69, 9.17) is 10.5 Å². The monoisotopic (exact) mass is 435 g/mol. The van der Waals surface area contributed by atoms with Gasteiger partial charge < -0.3 is 10.5 Å². The molecule has 1 aliphatic heterocycles. The van der Waals surface area contributed by atoms with Crippen molar-refractivity contribution >= 4 is 16.6 Å². The average molecular weight is 435 g/mol. The van der Waals surface area contributed by atoms with E-state index in [1.54, 1.807) is 24.4 Å². The first-order valence-corrected chi connectivity index (χ1v) is 10.7. The summed E-state index contributed by atoms with van der Waals surface area (Å²) in [5, 5.41) is 7.49. The number of halogens is 3. The fraction of sp³-hybridized carbons (Fsp3) is 0.545. The molecule has 0 spiro atoms. The van der Waals surface area contributed by atoms with E-state index in [1.165, 1.54) is 6.08 Å². The van der Waals surface area contributed by atoms with Gasteiger partial charge in [0.05, 0.1) is 23.5 Å². The van der Waals surface area contributed by atoms with Gasteiger partial charge in [-0.3, -0.25) is 10.00 Å². The molecule has 4 rings (SSSR count). The first-order valence-electron chi connectivity index (χ1n) is 10.7. The number of hydrogen-bond donors (Lipinski definition) is 2. The number of pyridine rings is 1. The SMILES string of the molecule is CCCC1(CN)CN(C2C=CC(C(F)(F)F)=C(c3[nH]nc4ncccc34)CC2)CCO1. The lowest BCUT2D eigenvalue weighted by atomic mass is 9.93. The first kappa shape index (κ1) is 22.0. The molecule has 0 amide bonds. The predicted octanol–water partition coefficient (Wildman–Crippen LogP) is 3.82. The number of allylic oxidation sites excluding steroid dienone is 3. The van der Waals surface area contributed by atoms with Crippen molar-refractivity contribution in [2.24, 2.45) is 5.73 Å². The number of nitrogens with two attached hydrogens (primary N) is 1. The third-order valence-electron chi connectivity index (χ3n) is 6.26. The van der Waals surface area contributed by atoms with Gasteiger partial charge in [0, 0.05) is 37.3 Å². The molecule has 1 fully saturated rings. The number of nitrogens with one attached hydrogen (secondary N) is 1. The number of H-pyrrole nitrogens is 1. The second-order valence-corrected chi connectivity index (χ2v) is 8.28. The Hall–Kier alpha value is -2.23. The molecule has 9 heteroatoms. The largest absolute Gasteiger partial charge is 0.416 e. The average Bonchev–Trinajstić information content (AvgIpc) is 3.04. The third kappa shape index (κ3) is 4.40. The number of hydrogen-bond acceptors (Lipinski definition) is 5. The van der Waals surface area contributed by atoms with E-state index in [9.17, 15) is 13.2 Å². The van der Waals surface area contributed by atoms with Crippen LogP contribution < -0.4 is 5.73 Å². The van der Waals surface area contributed by atoms with Crippen LogP contribution in [0.3, 0.4) is 0 Å². The van der Waals surface area contributed by atoms with Gasteiger partial charge in [-0.2, -0.15) is 18.3 Å². The summed E-state index contributed by atoms with van der Waals surface area (Å²) >= 11 is 0. The Morgan fingerprint density at radius 2 is 2.23 bits per heavy atom. The van der Waals surface area contributed by atoms with Gasteiger partial charge in [-0.1, -0.05) is 25.5 Å². The smallest absolute Gasteiger partial charge is 0.371 e. The van der Waals surface area contributed by atoms with Crippen molar-refractivity contribution < 1.29 is 17.9 Å². The number of alkyl halides is 3. The molecule has 2 aliphatic rings. The normalized spacial score (nSPS) is 25.9. The van der Waals surface area contributed by atoms with Gasteiger partial charge in [-0.05, 0) is 37.0 Å². The summed E-state index contributed by atoms with van der Waals surface area (Å²) in [6.45, 7) is 4.32. The van der Waals surface area contributed by atoms with Crippen LogP contribution in [-0.4, -0.2) is 64.1 Å². The summed E-state index contributed by atoms with van der Waals surface area (Å²) < 4.78 is 48.0. The number of aromatic nitrogens is 3. The minimum absolute atomic E-state index is 0.117. The van der Waals surface area contributed by atoms with E-state index in [1.807, 2.05) is 0 Å². The molecule has 2 aromatic heterocycles. The number of aromatic amines is 1. The maximum Gasteiger partial charge on any atom is 0.416 e. The van der Waals surface area contributed by atoms with Crippen LogP contribution in [0.5, 0.6) is 0 Å². The Morgan fingerprint density at radius 3 is 2.97 bits per heavy atom. The first-order chi connectivity index (χ1) is 14.9. The van der Waals surface area contributed by atoms with Crippen molar-refractivity contribution in [1.82, 2.24) is 20.1 Å². The van der Waals surface area contributed by atoms with Crippen LogP contribution in [0, 0.1) is 0 Å². The highest BCUT2D eigenvalue weighted by atomic mass is 19.4. The van der Waals surface area contributed by atoms with Gasteiger partial charge in [0.25, 0.3) is 0 Å². The Morgan fingerprint density at radius 1 is 1.39 bits per heavy atom. The lowest BCUT2D eigenvalue weighted by Crippen LogP contribution is -2.57.